The number of ether oxygens (including phenoxy) is 2. The Morgan fingerprint density at radius 2 is 1.41 bits per heavy atom. The van der Waals surface area contributed by atoms with Crippen LogP contribution >= 0.6 is 15.9 Å². The third-order valence-electron chi connectivity index (χ3n) is 7.86. The first-order valence-electron chi connectivity index (χ1n) is 16.2. The van der Waals surface area contributed by atoms with Gasteiger partial charge in [0.05, 0.1) is 24.2 Å². The molecule has 0 aliphatic heterocycles. The van der Waals surface area contributed by atoms with Crippen LogP contribution < -0.4 is 10.4 Å². The molecule has 0 radical (unpaired) electrons. The molecule has 0 N–H and O–H groups in total. The monoisotopic (exact) mass is 769 g/mol. The number of amides is 1. The van der Waals surface area contributed by atoms with Crippen LogP contribution in [0.3, 0.4) is 0 Å². The van der Waals surface area contributed by atoms with Crippen molar-refractivity contribution < 1.29 is 31.9 Å². The standard InChI is InChI=1S/C38H48BrNO7SSi/c1-29-21-23-33(24-22-29)48(43,44)40(36(42)47-37(3,4)5)32(26-31(16-15-25-39)27-45-30(2)41)28-46-49(38(6,7)8,34-17-11-9-12-18-34)35-19-13-10-14-20-35/h9-14,16-25,31-32H,26-28H2,1-8H3/t15?,31-,32-/m0/s1. The highest BCUT2D eigenvalue weighted by molar-refractivity contribution is 9.11. The fraction of sp³-hybridized carbons (Fsp3) is 0.395. The van der Waals surface area contributed by atoms with E-state index < -0.39 is 53.0 Å². The summed E-state index contributed by atoms with van der Waals surface area (Å²) >= 11 is 3.23. The van der Waals surface area contributed by atoms with E-state index in [2.05, 4.69) is 42.4 Å². The molecule has 3 aromatic rings. The van der Waals surface area contributed by atoms with E-state index in [9.17, 15) is 18.0 Å². The number of hydrogen-bond donors (Lipinski definition) is 0. The second-order valence-electron chi connectivity index (χ2n) is 14.0. The molecule has 0 saturated heterocycles. The van der Waals surface area contributed by atoms with Crippen molar-refractivity contribution >= 4 is 56.7 Å². The minimum atomic E-state index is -4.48. The molecular formula is C38H48BrNO7SSi. The summed E-state index contributed by atoms with van der Waals surface area (Å²) in [5.41, 5.74) is 2.83. The number of halogens is 1. The molecule has 3 rings (SSSR count). The predicted octanol–water partition coefficient (Wildman–Crippen LogP) is 7.50. The van der Waals surface area contributed by atoms with Gasteiger partial charge in [0.2, 0.25) is 0 Å². The van der Waals surface area contributed by atoms with E-state index in [0.29, 0.717) is 0 Å². The highest BCUT2D eigenvalue weighted by Crippen LogP contribution is 2.38. The van der Waals surface area contributed by atoms with Crippen molar-refractivity contribution in [3.8, 4) is 0 Å². The summed E-state index contributed by atoms with van der Waals surface area (Å²) in [5, 5.41) is 1.57. The van der Waals surface area contributed by atoms with Gasteiger partial charge in [0, 0.05) is 17.8 Å². The molecule has 1 amide bonds. The normalized spacial score (nSPS) is 13.4. The van der Waals surface area contributed by atoms with Crippen molar-refractivity contribution in [2.45, 2.75) is 83.4 Å². The molecule has 0 saturated carbocycles. The van der Waals surface area contributed by atoms with E-state index in [-0.39, 0.29) is 24.5 Å². The Balaban J connectivity index is 2.31. The molecule has 0 bridgehead atoms. The maximum absolute atomic E-state index is 14.6. The number of aryl methyl sites for hydroxylation is 1. The molecule has 0 unspecified atom stereocenters. The van der Waals surface area contributed by atoms with Gasteiger partial charge in [-0.3, -0.25) is 4.79 Å². The molecule has 264 valence electrons. The minimum absolute atomic E-state index is 0.0453. The SMILES string of the molecule is CC(=O)OC[C@@H](C=C=CBr)C[C@@H](CO[Si](c1ccccc1)(c1ccccc1)C(C)(C)C)N(C(=O)OC(C)(C)C)S(=O)(=O)c1ccc(C)cc1. The van der Waals surface area contributed by atoms with Gasteiger partial charge >= 0.3 is 12.1 Å². The van der Waals surface area contributed by atoms with E-state index in [1.165, 1.54) is 24.0 Å². The van der Waals surface area contributed by atoms with Crippen LogP contribution in [0.4, 0.5) is 4.79 Å². The Morgan fingerprint density at radius 3 is 1.86 bits per heavy atom. The third-order valence-corrected chi connectivity index (χ3v) is 15.0. The van der Waals surface area contributed by atoms with Crippen LogP contribution in [0.5, 0.6) is 0 Å². The average Bonchev–Trinajstić information content (AvgIpc) is 3.02. The molecule has 0 aromatic heterocycles. The van der Waals surface area contributed by atoms with Crippen LogP contribution in [0.1, 0.15) is 60.5 Å². The summed E-state index contributed by atoms with van der Waals surface area (Å²) in [4.78, 5) is 27.5. The van der Waals surface area contributed by atoms with Gasteiger partial charge in [0.25, 0.3) is 18.3 Å². The molecule has 0 aliphatic carbocycles. The number of rotatable bonds is 13. The molecule has 8 nitrogen and oxygen atoms in total. The van der Waals surface area contributed by atoms with Gasteiger partial charge in [0.15, 0.2) is 0 Å². The maximum atomic E-state index is 14.6. The van der Waals surface area contributed by atoms with E-state index in [1.54, 1.807) is 39.0 Å². The van der Waals surface area contributed by atoms with Crippen LogP contribution in [0.25, 0.3) is 0 Å². The first kappa shape index (κ1) is 40.0. The Hall–Kier alpha value is -3.47. The lowest BCUT2D eigenvalue weighted by Crippen LogP contribution is -2.67. The number of carbonyl (C=O) groups is 2. The van der Waals surface area contributed by atoms with Gasteiger partial charge < -0.3 is 13.9 Å². The minimum Gasteiger partial charge on any atom is -0.465 e. The zero-order valence-electron chi connectivity index (χ0n) is 29.6. The van der Waals surface area contributed by atoms with Crippen molar-refractivity contribution in [1.29, 1.82) is 0 Å². The zero-order valence-corrected chi connectivity index (χ0v) is 33.0. The summed E-state index contributed by atoms with van der Waals surface area (Å²) < 4.78 is 48.4. The maximum Gasteiger partial charge on any atom is 0.424 e. The van der Waals surface area contributed by atoms with Crippen molar-refractivity contribution in [1.82, 2.24) is 4.31 Å². The molecule has 0 spiro atoms. The lowest BCUT2D eigenvalue weighted by molar-refractivity contribution is -0.142. The van der Waals surface area contributed by atoms with Gasteiger partial charge in [-0.2, -0.15) is 4.31 Å². The topological polar surface area (TPSA) is 99.2 Å². The number of esters is 1. The Kier molecular flexibility index (Phi) is 13.8. The number of nitrogens with zero attached hydrogens (tertiary/aromatic N) is 1. The zero-order chi connectivity index (χ0) is 36.5. The molecule has 49 heavy (non-hydrogen) atoms. The lowest BCUT2D eigenvalue weighted by atomic mass is 10.0. The molecule has 0 fully saturated rings. The molecule has 2 atom stereocenters. The summed E-state index contributed by atoms with van der Waals surface area (Å²) in [7, 11) is -7.68. The molecule has 0 heterocycles. The van der Waals surface area contributed by atoms with Gasteiger partial charge in [-0.05, 0) is 67.7 Å². The summed E-state index contributed by atoms with van der Waals surface area (Å²) in [6.07, 6.45) is 0.693. The Bertz CT molecular complexity index is 1670. The second kappa shape index (κ2) is 17.0. The summed E-state index contributed by atoms with van der Waals surface area (Å²) in [5.74, 6) is -1.03. The number of carbonyl (C=O) groups excluding carboxylic acids is 2. The van der Waals surface area contributed by atoms with Gasteiger partial charge in [-0.15, -0.1) is 5.73 Å². The third kappa shape index (κ3) is 10.5. The average molecular weight is 771 g/mol. The smallest absolute Gasteiger partial charge is 0.424 e. The van der Waals surface area contributed by atoms with Gasteiger partial charge in [-0.1, -0.05) is 115 Å². The quantitative estimate of drug-likeness (QED) is 0.101. The highest BCUT2D eigenvalue weighted by Gasteiger charge is 2.51. The number of benzene rings is 3. The van der Waals surface area contributed by atoms with Crippen LogP contribution in [0.15, 0.2) is 107 Å². The largest absolute Gasteiger partial charge is 0.465 e. The van der Waals surface area contributed by atoms with Gasteiger partial charge in [0.1, 0.15) is 5.60 Å². The summed E-state index contributed by atoms with van der Waals surface area (Å²) in [6.45, 7) is 14.3. The van der Waals surface area contributed by atoms with E-state index in [4.69, 9.17) is 13.9 Å². The highest BCUT2D eigenvalue weighted by atomic mass is 79.9. The second-order valence-corrected chi connectivity index (χ2v) is 20.5. The number of sulfonamides is 1. The van der Waals surface area contributed by atoms with Crippen LogP contribution in [0, 0.1) is 12.8 Å². The van der Waals surface area contributed by atoms with E-state index in [1.807, 2.05) is 67.6 Å². The van der Waals surface area contributed by atoms with E-state index >= 15 is 0 Å². The fourth-order valence-electron chi connectivity index (χ4n) is 5.72. The molecular weight excluding hydrogens is 722 g/mol. The van der Waals surface area contributed by atoms with E-state index in [0.717, 1.165) is 20.2 Å². The summed E-state index contributed by atoms with van der Waals surface area (Å²) in [6, 6.07) is 25.2. The van der Waals surface area contributed by atoms with Crippen molar-refractivity contribution in [2.75, 3.05) is 13.2 Å². The van der Waals surface area contributed by atoms with Crippen molar-refractivity contribution in [3.63, 3.8) is 0 Å². The first-order chi connectivity index (χ1) is 22.9. The molecule has 11 heteroatoms. The van der Waals surface area contributed by atoms with Gasteiger partial charge in [-0.25, -0.2) is 13.2 Å². The Labute approximate surface area is 301 Å². The Morgan fingerprint density at radius 1 is 0.878 bits per heavy atom. The predicted molar refractivity (Wildman–Crippen MR) is 200 cm³/mol. The van der Waals surface area contributed by atoms with Crippen LogP contribution in [-0.2, 0) is 28.7 Å². The van der Waals surface area contributed by atoms with Crippen LogP contribution in [0.2, 0.25) is 5.04 Å². The first-order valence-corrected chi connectivity index (χ1v) is 20.4. The van der Waals surface area contributed by atoms with Crippen LogP contribution in [-0.4, -0.2) is 58.0 Å². The molecule has 0 aliphatic rings. The number of hydrogen-bond acceptors (Lipinski definition) is 7. The lowest BCUT2D eigenvalue weighted by Gasteiger charge is -2.44. The molecule has 3 aromatic carbocycles. The van der Waals surface area contributed by atoms with Crippen molar-refractivity contribution in [2.24, 2.45) is 5.92 Å². The fourth-order valence-corrected chi connectivity index (χ4v) is 11.9. The van der Waals surface area contributed by atoms with Crippen molar-refractivity contribution in [3.05, 3.63) is 107 Å².